The van der Waals surface area contributed by atoms with Gasteiger partial charge in [0.05, 0.1) is 38.6 Å². The fourth-order valence-electron chi connectivity index (χ4n) is 11.4. The maximum Gasteiger partial charge on any atom is 0.220 e. The standard InChI is InChI=1S/C61H117NO18/c1-3-5-7-9-11-13-14-15-16-17-18-19-20-21-22-23-24-25-26-27-28-29-31-33-35-37-39-49(67)62-44(45(66)38-36-34-32-30-12-10-8-6-4-2)43-75-59-55(73)52(70)57(47(41-64)77-59)80-61-56(74)53(71)58(48(42-65)78-61)79-60-54(72)51(69)50(68)46(40-63)76-60/h44-48,50-61,63-66,68-74H,3-43H2,1-2H3,(H,62,67). The molecule has 3 fully saturated rings. The smallest absolute Gasteiger partial charge is 0.220 e. The number of carbonyl (C=O) groups is 1. The molecule has 3 aliphatic rings. The largest absolute Gasteiger partial charge is 0.394 e. The molecule has 0 spiro atoms. The number of aliphatic hydroxyl groups is 11. The molecule has 0 bridgehead atoms. The van der Waals surface area contributed by atoms with Crippen LogP contribution in [0, 0.1) is 0 Å². The molecule has 0 aromatic carbocycles. The highest BCUT2D eigenvalue weighted by Crippen LogP contribution is 2.33. The molecular formula is C61H117NO18. The summed E-state index contributed by atoms with van der Waals surface area (Å²) in [5.74, 6) is -0.240. The lowest BCUT2D eigenvalue weighted by molar-refractivity contribution is -0.379. The zero-order valence-corrected chi connectivity index (χ0v) is 49.6. The van der Waals surface area contributed by atoms with Gasteiger partial charge in [0.2, 0.25) is 5.91 Å². The fourth-order valence-corrected chi connectivity index (χ4v) is 11.4. The van der Waals surface area contributed by atoms with Crippen molar-refractivity contribution in [3.63, 3.8) is 0 Å². The van der Waals surface area contributed by atoms with Gasteiger partial charge >= 0.3 is 0 Å². The van der Waals surface area contributed by atoms with Crippen LogP contribution in [0.5, 0.6) is 0 Å². The van der Waals surface area contributed by atoms with E-state index in [9.17, 15) is 61.0 Å². The van der Waals surface area contributed by atoms with Gasteiger partial charge in [0.1, 0.15) is 73.2 Å². The number of amides is 1. The predicted octanol–water partition coefficient (Wildman–Crippen LogP) is 6.77. The van der Waals surface area contributed by atoms with E-state index in [-0.39, 0.29) is 18.9 Å². The van der Waals surface area contributed by atoms with Crippen LogP contribution in [0.4, 0.5) is 0 Å². The summed E-state index contributed by atoms with van der Waals surface area (Å²) in [7, 11) is 0. The maximum absolute atomic E-state index is 13.3. The molecule has 0 aliphatic carbocycles. The van der Waals surface area contributed by atoms with E-state index in [4.69, 9.17) is 28.4 Å². The molecule has 3 aliphatic heterocycles. The summed E-state index contributed by atoms with van der Waals surface area (Å²) in [4.78, 5) is 13.3. The molecule has 12 N–H and O–H groups in total. The normalized spacial score (nSPS) is 29.9. The highest BCUT2D eigenvalue weighted by Gasteiger charge is 2.53. The Morgan fingerprint density at radius 1 is 0.400 bits per heavy atom. The molecule has 3 heterocycles. The van der Waals surface area contributed by atoms with E-state index >= 15 is 0 Å². The third-order valence-corrected chi connectivity index (χ3v) is 16.7. The number of aliphatic hydroxyl groups excluding tert-OH is 11. The number of rotatable bonds is 49. The minimum atomic E-state index is -1.97. The van der Waals surface area contributed by atoms with E-state index in [1.165, 1.54) is 173 Å². The number of carbonyl (C=O) groups excluding carboxylic acids is 1. The van der Waals surface area contributed by atoms with E-state index in [0.717, 1.165) is 44.9 Å². The Hall–Kier alpha value is -1.21. The van der Waals surface area contributed by atoms with Crippen molar-refractivity contribution in [1.29, 1.82) is 0 Å². The van der Waals surface area contributed by atoms with Gasteiger partial charge in [0.25, 0.3) is 0 Å². The summed E-state index contributed by atoms with van der Waals surface area (Å²) in [5.41, 5.74) is 0. The average molecular weight is 1150 g/mol. The van der Waals surface area contributed by atoms with Crippen molar-refractivity contribution in [1.82, 2.24) is 5.32 Å². The Balaban J connectivity index is 1.38. The van der Waals surface area contributed by atoms with Gasteiger partial charge in [-0.2, -0.15) is 0 Å². The number of ether oxygens (including phenoxy) is 6. The minimum absolute atomic E-state index is 0.240. The molecule has 474 valence electrons. The van der Waals surface area contributed by atoms with Gasteiger partial charge in [-0.05, 0) is 12.8 Å². The predicted molar refractivity (Wildman–Crippen MR) is 305 cm³/mol. The topological polar surface area (TPSA) is 307 Å². The van der Waals surface area contributed by atoms with E-state index in [2.05, 4.69) is 19.2 Å². The Morgan fingerprint density at radius 3 is 1.09 bits per heavy atom. The van der Waals surface area contributed by atoms with E-state index in [0.29, 0.717) is 12.8 Å². The van der Waals surface area contributed by atoms with E-state index in [1.54, 1.807) is 0 Å². The fraction of sp³-hybridized carbons (Fsp3) is 0.984. The first kappa shape index (κ1) is 73.0. The Morgan fingerprint density at radius 2 is 0.713 bits per heavy atom. The molecule has 19 heteroatoms. The molecular weight excluding hydrogens is 1030 g/mol. The van der Waals surface area contributed by atoms with Crippen LogP contribution in [-0.4, -0.2) is 193 Å². The minimum Gasteiger partial charge on any atom is -0.394 e. The number of hydrogen-bond donors (Lipinski definition) is 12. The van der Waals surface area contributed by atoms with Crippen LogP contribution < -0.4 is 5.32 Å². The first-order chi connectivity index (χ1) is 38.8. The van der Waals surface area contributed by atoms with E-state index in [1.807, 2.05) is 0 Å². The maximum atomic E-state index is 13.3. The first-order valence-corrected chi connectivity index (χ1v) is 32.3. The van der Waals surface area contributed by atoms with Crippen LogP contribution in [0.1, 0.15) is 251 Å². The third-order valence-electron chi connectivity index (χ3n) is 16.7. The van der Waals surface area contributed by atoms with Gasteiger partial charge in [0.15, 0.2) is 18.9 Å². The van der Waals surface area contributed by atoms with Crippen molar-refractivity contribution >= 4 is 5.91 Å². The van der Waals surface area contributed by atoms with Crippen molar-refractivity contribution in [3.05, 3.63) is 0 Å². The molecule has 0 saturated carbocycles. The van der Waals surface area contributed by atoms with Crippen molar-refractivity contribution < 1.29 is 89.4 Å². The van der Waals surface area contributed by atoms with Crippen LogP contribution in [-0.2, 0) is 33.2 Å². The summed E-state index contributed by atoms with van der Waals surface area (Å²) >= 11 is 0. The van der Waals surface area contributed by atoms with Gasteiger partial charge < -0.3 is 89.9 Å². The lowest BCUT2D eigenvalue weighted by Gasteiger charge is -2.48. The molecule has 0 aromatic heterocycles. The summed E-state index contributed by atoms with van der Waals surface area (Å²) in [6.07, 6.45) is 18.0. The molecule has 3 saturated heterocycles. The lowest BCUT2D eigenvalue weighted by Crippen LogP contribution is -2.66. The Kier molecular flexibility index (Phi) is 41.2. The highest BCUT2D eigenvalue weighted by atomic mass is 16.8. The third kappa shape index (κ3) is 28.3. The van der Waals surface area contributed by atoms with Crippen molar-refractivity contribution in [2.45, 2.75) is 356 Å². The second-order valence-corrected chi connectivity index (χ2v) is 23.6. The van der Waals surface area contributed by atoms with Crippen molar-refractivity contribution in [2.75, 3.05) is 26.4 Å². The monoisotopic (exact) mass is 1150 g/mol. The first-order valence-electron chi connectivity index (χ1n) is 32.3. The Bertz CT molecular complexity index is 1470. The molecule has 1 amide bonds. The van der Waals surface area contributed by atoms with Crippen molar-refractivity contribution in [3.8, 4) is 0 Å². The molecule has 3 rings (SSSR count). The van der Waals surface area contributed by atoms with E-state index < -0.39 is 124 Å². The second-order valence-electron chi connectivity index (χ2n) is 23.6. The molecule has 0 aromatic rings. The SMILES string of the molecule is CCCCCCCCCCCCCCCCCCCCCCCCCCCCC(=O)NC(COC1OC(CO)C(OC2OC(CO)C(OC3OC(CO)C(O)C(O)C3O)C(O)C2O)C(O)C1O)C(O)CCCCCCCCCCC. The van der Waals surface area contributed by atoms with Crippen LogP contribution in [0.2, 0.25) is 0 Å². The zero-order chi connectivity index (χ0) is 58.3. The molecule has 19 nitrogen and oxygen atoms in total. The van der Waals surface area contributed by atoms with Gasteiger partial charge in [-0.15, -0.1) is 0 Å². The van der Waals surface area contributed by atoms with Crippen molar-refractivity contribution in [2.24, 2.45) is 0 Å². The summed E-state index contributed by atoms with van der Waals surface area (Å²) in [5, 5.41) is 120. The highest BCUT2D eigenvalue weighted by molar-refractivity contribution is 5.76. The second kappa shape index (κ2) is 45.2. The number of nitrogens with one attached hydrogen (secondary N) is 1. The quantitative estimate of drug-likeness (QED) is 0.0280. The average Bonchev–Trinajstić information content (AvgIpc) is 3.56. The molecule has 17 atom stereocenters. The molecule has 0 radical (unpaired) electrons. The van der Waals surface area contributed by atoms with Gasteiger partial charge in [-0.1, -0.05) is 232 Å². The van der Waals surface area contributed by atoms with Gasteiger partial charge in [-0.25, -0.2) is 0 Å². The molecule has 80 heavy (non-hydrogen) atoms. The van der Waals surface area contributed by atoms with Crippen LogP contribution >= 0.6 is 0 Å². The van der Waals surface area contributed by atoms with Crippen LogP contribution in [0.3, 0.4) is 0 Å². The zero-order valence-electron chi connectivity index (χ0n) is 49.6. The number of hydrogen-bond acceptors (Lipinski definition) is 18. The lowest BCUT2D eigenvalue weighted by atomic mass is 9.96. The van der Waals surface area contributed by atoms with Crippen LogP contribution in [0.15, 0.2) is 0 Å². The summed E-state index contributed by atoms with van der Waals surface area (Å²) in [6.45, 7) is 1.78. The number of unbranched alkanes of at least 4 members (excludes halogenated alkanes) is 33. The Labute approximate surface area is 481 Å². The van der Waals surface area contributed by atoms with Crippen LogP contribution in [0.25, 0.3) is 0 Å². The summed E-state index contributed by atoms with van der Waals surface area (Å²) in [6, 6.07) is -0.879. The van der Waals surface area contributed by atoms with Gasteiger partial charge in [0, 0.05) is 6.42 Å². The summed E-state index contributed by atoms with van der Waals surface area (Å²) < 4.78 is 34.3. The molecule has 17 unspecified atom stereocenters. The van der Waals surface area contributed by atoms with Gasteiger partial charge in [-0.3, -0.25) is 4.79 Å².